The lowest BCUT2D eigenvalue weighted by atomic mass is 10.1. The van der Waals surface area contributed by atoms with Gasteiger partial charge in [0.15, 0.2) is 0 Å². The van der Waals surface area contributed by atoms with Crippen LogP contribution in [0.3, 0.4) is 0 Å². The van der Waals surface area contributed by atoms with Crippen LogP contribution in [0.4, 0.5) is 0 Å². The number of pyridine rings is 1. The van der Waals surface area contributed by atoms with Gasteiger partial charge in [0.2, 0.25) is 0 Å². The standard InChI is InChI=1S/C17H24N2O2/c1-4-6-11-19(14(3)5-2)17(21)16-10-9-15(13-18-16)8-7-12-20/h9-10,13-14,20H,4-6,11-12H2,1-3H3. The number of hydrogen-bond acceptors (Lipinski definition) is 3. The summed E-state index contributed by atoms with van der Waals surface area (Å²) in [5.41, 5.74) is 1.14. The molecule has 0 aliphatic rings. The number of nitrogens with zero attached hydrogens (tertiary/aromatic N) is 2. The zero-order chi connectivity index (χ0) is 15.7. The molecule has 0 aliphatic carbocycles. The van der Waals surface area contributed by atoms with E-state index in [-0.39, 0.29) is 18.6 Å². The fraction of sp³-hybridized carbons (Fsp3) is 0.529. The quantitative estimate of drug-likeness (QED) is 0.818. The summed E-state index contributed by atoms with van der Waals surface area (Å²) >= 11 is 0. The van der Waals surface area contributed by atoms with E-state index < -0.39 is 0 Å². The van der Waals surface area contributed by atoms with Gasteiger partial charge in [0.05, 0.1) is 0 Å². The summed E-state index contributed by atoms with van der Waals surface area (Å²) in [6.07, 6.45) is 4.56. The van der Waals surface area contributed by atoms with Crippen LogP contribution in [0.25, 0.3) is 0 Å². The summed E-state index contributed by atoms with van der Waals surface area (Å²) in [4.78, 5) is 18.7. The second-order valence-corrected chi connectivity index (χ2v) is 5.00. The summed E-state index contributed by atoms with van der Waals surface area (Å²) in [6.45, 7) is 6.84. The van der Waals surface area contributed by atoms with Crippen LogP contribution >= 0.6 is 0 Å². The molecule has 1 unspecified atom stereocenters. The Kier molecular flexibility index (Phi) is 7.49. The van der Waals surface area contributed by atoms with E-state index in [2.05, 4.69) is 37.6 Å². The molecule has 1 atom stereocenters. The van der Waals surface area contributed by atoms with Crippen molar-refractivity contribution >= 4 is 5.91 Å². The zero-order valence-electron chi connectivity index (χ0n) is 13.1. The fourth-order valence-corrected chi connectivity index (χ4v) is 1.95. The SMILES string of the molecule is CCCCN(C(=O)c1ccc(C#CCO)cn1)C(C)CC. The number of aromatic nitrogens is 1. The van der Waals surface area contributed by atoms with Crippen molar-refractivity contribution in [3.05, 3.63) is 29.6 Å². The summed E-state index contributed by atoms with van der Waals surface area (Å²) in [5.74, 6) is 5.30. The molecule has 1 aromatic rings. The Balaban J connectivity index is 2.87. The van der Waals surface area contributed by atoms with Crippen molar-refractivity contribution in [1.82, 2.24) is 9.88 Å². The van der Waals surface area contributed by atoms with Gasteiger partial charge < -0.3 is 10.0 Å². The molecule has 1 aromatic heterocycles. The fourth-order valence-electron chi connectivity index (χ4n) is 1.95. The molecule has 1 amide bonds. The van der Waals surface area contributed by atoms with Crippen LogP contribution in [-0.4, -0.2) is 40.1 Å². The maximum Gasteiger partial charge on any atom is 0.272 e. The van der Waals surface area contributed by atoms with Gasteiger partial charge in [-0.3, -0.25) is 4.79 Å². The second-order valence-electron chi connectivity index (χ2n) is 5.00. The zero-order valence-corrected chi connectivity index (χ0v) is 13.1. The molecule has 0 aromatic carbocycles. The minimum atomic E-state index is -0.181. The van der Waals surface area contributed by atoms with Crippen LogP contribution in [-0.2, 0) is 0 Å². The lowest BCUT2D eigenvalue weighted by molar-refractivity contribution is 0.0679. The molecule has 0 spiro atoms. The van der Waals surface area contributed by atoms with E-state index in [0.717, 1.165) is 25.8 Å². The minimum absolute atomic E-state index is 0.0283. The van der Waals surface area contributed by atoms with E-state index >= 15 is 0 Å². The van der Waals surface area contributed by atoms with Crippen molar-refractivity contribution in [3.63, 3.8) is 0 Å². The molecule has 1 heterocycles. The van der Waals surface area contributed by atoms with Crippen LogP contribution in [0.1, 0.15) is 56.1 Å². The average molecular weight is 288 g/mol. The Bertz CT molecular complexity index is 500. The van der Waals surface area contributed by atoms with E-state index in [1.165, 1.54) is 0 Å². The summed E-state index contributed by atoms with van der Waals surface area (Å²) in [6, 6.07) is 3.67. The first-order valence-corrected chi connectivity index (χ1v) is 7.50. The van der Waals surface area contributed by atoms with Crippen molar-refractivity contribution in [2.45, 2.75) is 46.1 Å². The lowest BCUT2D eigenvalue weighted by Gasteiger charge is -2.28. The number of unbranched alkanes of at least 4 members (excludes halogenated alkanes) is 1. The van der Waals surface area contributed by atoms with E-state index in [1.807, 2.05) is 4.90 Å². The highest BCUT2D eigenvalue weighted by Crippen LogP contribution is 2.11. The van der Waals surface area contributed by atoms with Crippen molar-refractivity contribution in [2.24, 2.45) is 0 Å². The van der Waals surface area contributed by atoms with Crippen LogP contribution in [0.15, 0.2) is 18.3 Å². The van der Waals surface area contributed by atoms with Crippen molar-refractivity contribution in [1.29, 1.82) is 0 Å². The maximum atomic E-state index is 12.6. The van der Waals surface area contributed by atoms with Crippen LogP contribution in [0.2, 0.25) is 0 Å². The monoisotopic (exact) mass is 288 g/mol. The smallest absolute Gasteiger partial charge is 0.272 e. The molecular weight excluding hydrogens is 264 g/mol. The van der Waals surface area contributed by atoms with Gasteiger partial charge in [-0.2, -0.15) is 0 Å². The number of carbonyl (C=O) groups is 1. The predicted octanol–water partition coefficient (Wildman–Crippen LogP) is 2.47. The van der Waals surface area contributed by atoms with Gasteiger partial charge in [-0.1, -0.05) is 32.1 Å². The molecule has 1 rings (SSSR count). The maximum absolute atomic E-state index is 12.6. The second kappa shape index (κ2) is 9.15. The molecule has 1 N–H and O–H groups in total. The summed E-state index contributed by atoms with van der Waals surface area (Å²) in [7, 11) is 0. The van der Waals surface area contributed by atoms with Crippen molar-refractivity contribution in [2.75, 3.05) is 13.2 Å². The topological polar surface area (TPSA) is 53.4 Å². The van der Waals surface area contributed by atoms with Gasteiger partial charge in [0.1, 0.15) is 12.3 Å². The Morgan fingerprint density at radius 3 is 2.71 bits per heavy atom. The molecule has 4 nitrogen and oxygen atoms in total. The van der Waals surface area contributed by atoms with E-state index in [9.17, 15) is 4.79 Å². The highest BCUT2D eigenvalue weighted by atomic mass is 16.2. The van der Waals surface area contributed by atoms with Gasteiger partial charge in [0.25, 0.3) is 5.91 Å². The number of rotatable bonds is 6. The molecule has 114 valence electrons. The third-order valence-electron chi connectivity index (χ3n) is 3.43. The molecule has 0 saturated carbocycles. The number of aliphatic hydroxyl groups excluding tert-OH is 1. The molecule has 0 fully saturated rings. The first-order chi connectivity index (χ1) is 10.1. The first kappa shape index (κ1) is 17.2. The third-order valence-corrected chi connectivity index (χ3v) is 3.43. The third kappa shape index (κ3) is 5.20. The van der Waals surface area contributed by atoms with E-state index in [0.29, 0.717) is 11.3 Å². The van der Waals surface area contributed by atoms with Crippen molar-refractivity contribution in [3.8, 4) is 11.8 Å². The van der Waals surface area contributed by atoms with E-state index in [4.69, 9.17) is 5.11 Å². The molecule has 0 bridgehead atoms. The minimum Gasteiger partial charge on any atom is -0.384 e. The van der Waals surface area contributed by atoms with Crippen LogP contribution < -0.4 is 0 Å². The molecule has 4 heteroatoms. The Morgan fingerprint density at radius 2 is 2.19 bits per heavy atom. The van der Waals surface area contributed by atoms with Gasteiger partial charge in [-0.15, -0.1) is 0 Å². The van der Waals surface area contributed by atoms with Gasteiger partial charge in [-0.25, -0.2) is 4.98 Å². The summed E-state index contributed by atoms with van der Waals surface area (Å²) in [5, 5.41) is 8.66. The summed E-state index contributed by atoms with van der Waals surface area (Å²) < 4.78 is 0. The molecule has 0 saturated heterocycles. The Morgan fingerprint density at radius 1 is 1.43 bits per heavy atom. The van der Waals surface area contributed by atoms with Gasteiger partial charge in [-0.05, 0) is 31.9 Å². The Hall–Kier alpha value is -1.86. The molecule has 0 aliphatic heterocycles. The van der Waals surface area contributed by atoms with Gasteiger partial charge >= 0.3 is 0 Å². The highest BCUT2D eigenvalue weighted by molar-refractivity contribution is 5.92. The molecular formula is C17H24N2O2. The number of carbonyl (C=O) groups excluding carboxylic acids is 1. The van der Waals surface area contributed by atoms with Crippen LogP contribution in [0, 0.1) is 11.8 Å². The number of hydrogen-bond donors (Lipinski definition) is 1. The number of aliphatic hydroxyl groups is 1. The normalized spacial score (nSPS) is 11.4. The van der Waals surface area contributed by atoms with E-state index in [1.54, 1.807) is 18.3 Å². The number of amides is 1. The molecule has 0 radical (unpaired) electrons. The van der Waals surface area contributed by atoms with Gasteiger partial charge in [0, 0.05) is 24.3 Å². The predicted molar refractivity (Wildman–Crippen MR) is 83.9 cm³/mol. The Labute approximate surface area is 127 Å². The first-order valence-electron chi connectivity index (χ1n) is 7.50. The van der Waals surface area contributed by atoms with Crippen LogP contribution in [0.5, 0.6) is 0 Å². The molecule has 21 heavy (non-hydrogen) atoms. The largest absolute Gasteiger partial charge is 0.384 e. The van der Waals surface area contributed by atoms with Crippen molar-refractivity contribution < 1.29 is 9.90 Å². The average Bonchev–Trinajstić information content (AvgIpc) is 2.53. The highest BCUT2D eigenvalue weighted by Gasteiger charge is 2.20. The lowest BCUT2D eigenvalue weighted by Crippen LogP contribution is -2.39.